The quantitative estimate of drug-likeness (QED) is 0.684. The van der Waals surface area contributed by atoms with Gasteiger partial charge in [-0.25, -0.2) is 4.79 Å². The first-order valence-electron chi connectivity index (χ1n) is 4.36. The van der Waals surface area contributed by atoms with Crippen LogP contribution < -0.4 is 4.74 Å². The van der Waals surface area contributed by atoms with Crippen LogP contribution in [0, 0.1) is 6.92 Å². The highest BCUT2D eigenvalue weighted by Gasteiger charge is 2.18. The van der Waals surface area contributed by atoms with E-state index in [2.05, 4.69) is 11.7 Å². The Hall–Kier alpha value is -1.51. The summed E-state index contributed by atoms with van der Waals surface area (Å²) >= 11 is 0. The van der Waals surface area contributed by atoms with Crippen LogP contribution in [0.2, 0.25) is 0 Å². The molecule has 1 aromatic carbocycles. The molecule has 1 unspecified atom stereocenters. The SMILES string of the molecule is [CH2]CC(Oc1ccccc1)C(=O)OC. The van der Waals surface area contributed by atoms with Gasteiger partial charge in [-0.1, -0.05) is 18.2 Å². The van der Waals surface area contributed by atoms with Crippen molar-refractivity contribution in [2.75, 3.05) is 7.11 Å². The van der Waals surface area contributed by atoms with Gasteiger partial charge in [0.15, 0.2) is 6.10 Å². The number of para-hydroxylation sites is 1. The van der Waals surface area contributed by atoms with Crippen LogP contribution >= 0.6 is 0 Å². The normalized spacial score (nSPS) is 11.9. The van der Waals surface area contributed by atoms with E-state index in [1.54, 1.807) is 12.1 Å². The maximum atomic E-state index is 11.2. The van der Waals surface area contributed by atoms with Crippen molar-refractivity contribution in [3.8, 4) is 5.75 Å². The summed E-state index contributed by atoms with van der Waals surface area (Å²) < 4.78 is 9.95. The fourth-order valence-corrected chi connectivity index (χ4v) is 1.02. The Morgan fingerprint density at radius 1 is 1.43 bits per heavy atom. The number of carbonyl (C=O) groups is 1. The highest BCUT2D eigenvalue weighted by molar-refractivity contribution is 5.75. The van der Waals surface area contributed by atoms with E-state index in [0.717, 1.165) is 0 Å². The van der Waals surface area contributed by atoms with Gasteiger partial charge in [0.1, 0.15) is 5.75 Å². The molecule has 0 fully saturated rings. The minimum Gasteiger partial charge on any atom is -0.479 e. The van der Waals surface area contributed by atoms with Gasteiger partial charge >= 0.3 is 5.97 Å². The predicted octanol–water partition coefficient (Wildman–Crippen LogP) is 1.83. The summed E-state index contributed by atoms with van der Waals surface area (Å²) in [5.74, 6) is 0.246. The van der Waals surface area contributed by atoms with Gasteiger partial charge in [-0.15, -0.1) is 0 Å². The lowest BCUT2D eigenvalue weighted by Gasteiger charge is -2.14. The van der Waals surface area contributed by atoms with Crippen LogP contribution in [0.5, 0.6) is 5.75 Å². The zero-order chi connectivity index (χ0) is 10.4. The Kier molecular flexibility index (Phi) is 3.98. The molecule has 14 heavy (non-hydrogen) atoms. The van der Waals surface area contributed by atoms with Gasteiger partial charge < -0.3 is 9.47 Å². The van der Waals surface area contributed by atoms with Crippen LogP contribution in [0.4, 0.5) is 0 Å². The second-order valence-electron chi connectivity index (χ2n) is 2.73. The third-order valence-electron chi connectivity index (χ3n) is 1.75. The van der Waals surface area contributed by atoms with E-state index in [9.17, 15) is 4.79 Å². The number of rotatable bonds is 4. The molecule has 1 rings (SSSR count). The molecular weight excluding hydrogens is 180 g/mol. The highest BCUT2D eigenvalue weighted by Crippen LogP contribution is 2.12. The topological polar surface area (TPSA) is 35.5 Å². The highest BCUT2D eigenvalue weighted by atomic mass is 16.6. The molecule has 0 aliphatic heterocycles. The molecule has 0 bridgehead atoms. The zero-order valence-electron chi connectivity index (χ0n) is 8.10. The average Bonchev–Trinajstić information content (AvgIpc) is 2.26. The van der Waals surface area contributed by atoms with E-state index in [0.29, 0.717) is 12.2 Å². The molecule has 0 heterocycles. The monoisotopic (exact) mass is 193 g/mol. The molecule has 0 spiro atoms. The van der Waals surface area contributed by atoms with Crippen LogP contribution in [-0.2, 0) is 9.53 Å². The maximum absolute atomic E-state index is 11.2. The predicted molar refractivity (Wildman–Crippen MR) is 52.8 cm³/mol. The van der Waals surface area contributed by atoms with Crippen LogP contribution in [-0.4, -0.2) is 19.2 Å². The Labute approximate surface area is 83.6 Å². The number of benzene rings is 1. The van der Waals surface area contributed by atoms with Crippen molar-refractivity contribution >= 4 is 5.97 Å². The molecule has 0 aromatic heterocycles. The molecule has 3 nitrogen and oxygen atoms in total. The van der Waals surface area contributed by atoms with Crippen molar-refractivity contribution in [3.63, 3.8) is 0 Å². The summed E-state index contributed by atoms with van der Waals surface area (Å²) in [5.41, 5.74) is 0. The second-order valence-corrected chi connectivity index (χ2v) is 2.73. The van der Waals surface area contributed by atoms with Gasteiger partial charge in [0.25, 0.3) is 0 Å². The van der Waals surface area contributed by atoms with Crippen molar-refractivity contribution in [3.05, 3.63) is 37.3 Å². The van der Waals surface area contributed by atoms with Gasteiger partial charge in [-0.2, -0.15) is 0 Å². The first-order valence-corrected chi connectivity index (χ1v) is 4.36. The smallest absolute Gasteiger partial charge is 0.347 e. The minimum atomic E-state index is -0.623. The zero-order valence-corrected chi connectivity index (χ0v) is 8.10. The Balaban J connectivity index is 2.62. The van der Waals surface area contributed by atoms with Gasteiger partial charge in [-0.05, 0) is 25.5 Å². The largest absolute Gasteiger partial charge is 0.479 e. The van der Waals surface area contributed by atoms with E-state index in [1.807, 2.05) is 18.2 Å². The summed E-state index contributed by atoms with van der Waals surface area (Å²) in [7, 11) is 1.33. The standard InChI is InChI=1S/C11H13O3/c1-3-10(11(12)13-2)14-9-7-5-4-6-8-9/h4-8,10H,1,3H2,2H3. The lowest BCUT2D eigenvalue weighted by Crippen LogP contribution is -2.27. The third-order valence-corrected chi connectivity index (χ3v) is 1.75. The lowest BCUT2D eigenvalue weighted by atomic mass is 10.2. The first kappa shape index (κ1) is 10.6. The van der Waals surface area contributed by atoms with Crippen LogP contribution in [0.25, 0.3) is 0 Å². The summed E-state index contributed by atoms with van der Waals surface area (Å²) in [6.45, 7) is 3.63. The number of carbonyl (C=O) groups excluding carboxylic acids is 1. The van der Waals surface area contributed by atoms with Crippen molar-refractivity contribution < 1.29 is 14.3 Å². The second kappa shape index (κ2) is 5.27. The summed E-state index contributed by atoms with van der Waals surface area (Å²) in [5, 5.41) is 0. The number of methoxy groups -OCH3 is 1. The molecule has 1 radical (unpaired) electrons. The van der Waals surface area contributed by atoms with Gasteiger partial charge in [0, 0.05) is 0 Å². The molecule has 3 heteroatoms. The fraction of sp³-hybridized carbons (Fsp3) is 0.273. The molecule has 75 valence electrons. The fourth-order valence-electron chi connectivity index (χ4n) is 1.02. The summed E-state index contributed by atoms with van der Waals surface area (Å²) in [6.07, 6.45) is -0.274. The van der Waals surface area contributed by atoms with E-state index in [4.69, 9.17) is 4.74 Å². The third kappa shape index (κ3) is 2.76. The van der Waals surface area contributed by atoms with E-state index < -0.39 is 12.1 Å². The minimum absolute atomic E-state index is 0.349. The molecule has 1 atom stereocenters. The summed E-state index contributed by atoms with van der Waals surface area (Å²) in [4.78, 5) is 11.2. The van der Waals surface area contributed by atoms with E-state index in [-0.39, 0.29) is 0 Å². The lowest BCUT2D eigenvalue weighted by molar-refractivity contribution is -0.148. The van der Waals surface area contributed by atoms with Gasteiger partial charge in [0.05, 0.1) is 7.11 Å². The molecule has 0 saturated heterocycles. The molecule has 0 aliphatic carbocycles. The Morgan fingerprint density at radius 2 is 2.07 bits per heavy atom. The molecule has 0 aliphatic rings. The molecule has 1 aromatic rings. The summed E-state index contributed by atoms with van der Waals surface area (Å²) in [6, 6.07) is 9.13. The van der Waals surface area contributed by atoms with Crippen LogP contribution in [0.3, 0.4) is 0 Å². The molecular formula is C11H13O3. The van der Waals surface area contributed by atoms with Crippen molar-refractivity contribution in [1.29, 1.82) is 0 Å². The van der Waals surface area contributed by atoms with E-state index >= 15 is 0 Å². The Bertz CT molecular complexity index is 282. The van der Waals surface area contributed by atoms with Gasteiger partial charge in [0.2, 0.25) is 0 Å². The van der Waals surface area contributed by atoms with Crippen molar-refractivity contribution in [2.24, 2.45) is 0 Å². The number of ether oxygens (including phenoxy) is 2. The number of hydrogen-bond acceptors (Lipinski definition) is 3. The van der Waals surface area contributed by atoms with E-state index in [1.165, 1.54) is 7.11 Å². The maximum Gasteiger partial charge on any atom is 0.347 e. The van der Waals surface area contributed by atoms with Gasteiger partial charge in [-0.3, -0.25) is 0 Å². The Morgan fingerprint density at radius 3 is 2.57 bits per heavy atom. The molecule has 0 saturated carbocycles. The van der Waals surface area contributed by atoms with Crippen LogP contribution in [0.1, 0.15) is 6.42 Å². The number of hydrogen-bond donors (Lipinski definition) is 0. The van der Waals surface area contributed by atoms with Crippen LogP contribution in [0.15, 0.2) is 30.3 Å². The van der Waals surface area contributed by atoms with Crippen molar-refractivity contribution in [1.82, 2.24) is 0 Å². The molecule has 0 N–H and O–H groups in total. The molecule has 0 amide bonds. The first-order chi connectivity index (χ1) is 6.77. The average molecular weight is 193 g/mol. The number of esters is 1. The van der Waals surface area contributed by atoms with Crippen molar-refractivity contribution in [2.45, 2.75) is 12.5 Å².